The molecule has 0 unspecified atom stereocenters. The van der Waals surface area contributed by atoms with Crippen molar-refractivity contribution in [3.63, 3.8) is 0 Å². The monoisotopic (exact) mass is 245 g/mol. The Morgan fingerprint density at radius 2 is 1.94 bits per heavy atom. The standard InChI is InChI=1S/C14H15NO3/c16-13(11-6-7-11)9-15-12(14(17)18)8-10-4-2-1-3-5-10/h1-5,8,11,15H,6-7,9H2,(H,17,18)/b12-8-. The topological polar surface area (TPSA) is 66.4 Å². The Kier molecular flexibility index (Phi) is 3.77. The predicted molar refractivity (Wildman–Crippen MR) is 67.8 cm³/mol. The molecule has 0 spiro atoms. The van der Waals surface area contributed by atoms with E-state index in [4.69, 9.17) is 5.11 Å². The fraction of sp³-hybridized carbons (Fsp3) is 0.286. The highest BCUT2D eigenvalue weighted by molar-refractivity contribution is 5.93. The molecule has 2 N–H and O–H groups in total. The van der Waals surface area contributed by atoms with Gasteiger partial charge in [-0.05, 0) is 24.5 Å². The lowest BCUT2D eigenvalue weighted by molar-refractivity contribution is -0.133. The van der Waals surface area contributed by atoms with Crippen LogP contribution in [0.5, 0.6) is 0 Å². The average Bonchev–Trinajstić information content (AvgIpc) is 3.19. The second-order valence-electron chi connectivity index (χ2n) is 4.37. The molecule has 1 saturated carbocycles. The summed E-state index contributed by atoms with van der Waals surface area (Å²) in [6.07, 6.45) is 3.40. The summed E-state index contributed by atoms with van der Waals surface area (Å²) in [6.45, 7) is 0.0929. The summed E-state index contributed by atoms with van der Waals surface area (Å²) in [5, 5.41) is 11.8. The number of carboxylic acids is 1. The van der Waals surface area contributed by atoms with E-state index in [2.05, 4.69) is 5.32 Å². The number of benzene rings is 1. The summed E-state index contributed by atoms with van der Waals surface area (Å²) in [4.78, 5) is 22.6. The van der Waals surface area contributed by atoms with E-state index in [9.17, 15) is 9.59 Å². The molecule has 0 saturated heterocycles. The van der Waals surface area contributed by atoms with Crippen LogP contribution in [0.15, 0.2) is 36.0 Å². The van der Waals surface area contributed by atoms with E-state index in [0.29, 0.717) is 0 Å². The van der Waals surface area contributed by atoms with Gasteiger partial charge in [0.15, 0.2) is 5.78 Å². The Labute approximate surface area is 105 Å². The van der Waals surface area contributed by atoms with Crippen molar-refractivity contribution in [1.29, 1.82) is 0 Å². The van der Waals surface area contributed by atoms with Crippen molar-refractivity contribution in [3.8, 4) is 0 Å². The van der Waals surface area contributed by atoms with Crippen molar-refractivity contribution >= 4 is 17.8 Å². The van der Waals surface area contributed by atoms with Crippen LogP contribution < -0.4 is 5.32 Å². The number of Topliss-reactive ketones (excluding diaryl/α,β-unsaturated/α-hetero) is 1. The lowest BCUT2D eigenvalue weighted by Crippen LogP contribution is -2.27. The van der Waals surface area contributed by atoms with E-state index in [-0.39, 0.29) is 23.9 Å². The van der Waals surface area contributed by atoms with Gasteiger partial charge in [-0.3, -0.25) is 4.79 Å². The predicted octanol–water partition coefficient (Wildman–Crippen LogP) is 1.68. The van der Waals surface area contributed by atoms with Crippen LogP contribution in [-0.2, 0) is 9.59 Å². The van der Waals surface area contributed by atoms with Gasteiger partial charge in [0.25, 0.3) is 0 Å². The van der Waals surface area contributed by atoms with Gasteiger partial charge in [0.05, 0.1) is 6.54 Å². The molecule has 0 radical (unpaired) electrons. The van der Waals surface area contributed by atoms with Crippen molar-refractivity contribution < 1.29 is 14.7 Å². The summed E-state index contributed by atoms with van der Waals surface area (Å²) in [5.41, 5.74) is 0.844. The van der Waals surface area contributed by atoms with Crippen LogP contribution in [-0.4, -0.2) is 23.4 Å². The van der Waals surface area contributed by atoms with E-state index in [1.807, 2.05) is 30.3 Å². The number of carboxylic acid groups (broad SMARTS) is 1. The molecule has 0 aromatic heterocycles. The average molecular weight is 245 g/mol. The fourth-order valence-electron chi connectivity index (χ4n) is 1.64. The normalized spacial score (nSPS) is 15.2. The van der Waals surface area contributed by atoms with Crippen LogP contribution in [0.4, 0.5) is 0 Å². The SMILES string of the molecule is O=C(O)/C(=C/c1ccccc1)NCC(=O)C1CC1. The Bertz CT molecular complexity index is 475. The molecule has 0 bridgehead atoms. The number of hydrogen-bond donors (Lipinski definition) is 2. The number of nitrogens with one attached hydrogen (secondary N) is 1. The van der Waals surface area contributed by atoms with E-state index < -0.39 is 5.97 Å². The molecular formula is C14H15NO3. The summed E-state index contributed by atoms with van der Waals surface area (Å²) in [5.74, 6) is -0.818. The van der Waals surface area contributed by atoms with Gasteiger partial charge in [-0.25, -0.2) is 4.79 Å². The lowest BCUT2D eigenvalue weighted by atomic mass is 10.2. The van der Waals surface area contributed by atoms with Gasteiger partial charge in [0, 0.05) is 5.92 Å². The molecule has 18 heavy (non-hydrogen) atoms. The van der Waals surface area contributed by atoms with Crippen molar-refractivity contribution in [2.45, 2.75) is 12.8 Å². The Morgan fingerprint density at radius 3 is 2.50 bits per heavy atom. The third kappa shape index (κ3) is 3.45. The Hall–Kier alpha value is -2.10. The van der Waals surface area contributed by atoms with Crippen molar-refractivity contribution in [2.24, 2.45) is 5.92 Å². The first-order valence-electron chi connectivity index (χ1n) is 5.93. The Balaban J connectivity index is 2.01. The minimum Gasteiger partial charge on any atom is -0.477 e. The van der Waals surface area contributed by atoms with Crippen LogP contribution >= 0.6 is 0 Å². The van der Waals surface area contributed by atoms with Crippen molar-refractivity contribution in [3.05, 3.63) is 41.6 Å². The summed E-state index contributed by atoms with van der Waals surface area (Å²) < 4.78 is 0. The zero-order valence-electron chi connectivity index (χ0n) is 9.93. The molecule has 1 aliphatic rings. The molecular weight excluding hydrogens is 230 g/mol. The molecule has 4 nitrogen and oxygen atoms in total. The second kappa shape index (κ2) is 5.49. The first kappa shape index (κ1) is 12.4. The smallest absolute Gasteiger partial charge is 0.351 e. The van der Waals surface area contributed by atoms with Gasteiger partial charge < -0.3 is 10.4 Å². The maximum Gasteiger partial charge on any atom is 0.351 e. The number of rotatable bonds is 6. The van der Waals surface area contributed by atoms with E-state index in [0.717, 1.165) is 18.4 Å². The third-order valence-corrected chi connectivity index (χ3v) is 2.83. The fourth-order valence-corrected chi connectivity index (χ4v) is 1.64. The quantitative estimate of drug-likeness (QED) is 0.748. The molecule has 1 fully saturated rings. The van der Waals surface area contributed by atoms with Crippen LogP contribution in [0, 0.1) is 5.92 Å². The van der Waals surface area contributed by atoms with Gasteiger partial charge >= 0.3 is 5.97 Å². The number of carbonyl (C=O) groups is 2. The maximum absolute atomic E-state index is 11.5. The van der Waals surface area contributed by atoms with Crippen molar-refractivity contribution in [1.82, 2.24) is 5.32 Å². The van der Waals surface area contributed by atoms with Gasteiger partial charge in [0.2, 0.25) is 0 Å². The molecule has 0 heterocycles. The zero-order chi connectivity index (χ0) is 13.0. The maximum atomic E-state index is 11.5. The summed E-state index contributed by atoms with van der Waals surface area (Å²) in [7, 11) is 0. The molecule has 0 atom stereocenters. The number of aliphatic carboxylic acids is 1. The van der Waals surface area contributed by atoms with Gasteiger partial charge in [0.1, 0.15) is 5.70 Å². The van der Waals surface area contributed by atoms with Gasteiger partial charge in [-0.2, -0.15) is 0 Å². The van der Waals surface area contributed by atoms with Crippen LogP contribution in [0.25, 0.3) is 6.08 Å². The van der Waals surface area contributed by atoms with Crippen molar-refractivity contribution in [2.75, 3.05) is 6.54 Å². The minimum atomic E-state index is -1.05. The highest BCUT2D eigenvalue weighted by Gasteiger charge is 2.29. The van der Waals surface area contributed by atoms with Crippen LogP contribution in [0.3, 0.4) is 0 Å². The molecule has 2 rings (SSSR count). The van der Waals surface area contributed by atoms with Gasteiger partial charge in [-0.15, -0.1) is 0 Å². The van der Waals surface area contributed by atoms with E-state index in [1.54, 1.807) is 0 Å². The molecule has 0 amide bonds. The van der Waals surface area contributed by atoms with E-state index in [1.165, 1.54) is 6.08 Å². The molecule has 1 aliphatic carbocycles. The molecule has 0 aliphatic heterocycles. The number of hydrogen-bond acceptors (Lipinski definition) is 3. The summed E-state index contributed by atoms with van der Waals surface area (Å²) >= 11 is 0. The lowest BCUT2D eigenvalue weighted by Gasteiger charge is -2.06. The Morgan fingerprint density at radius 1 is 1.28 bits per heavy atom. The van der Waals surface area contributed by atoms with Crippen LogP contribution in [0.1, 0.15) is 18.4 Å². The minimum absolute atomic E-state index is 0.0511. The molecule has 4 heteroatoms. The second-order valence-corrected chi connectivity index (χ2v) is 4.37. The summed E-state index contributed by atoms with van der Waals surface area (Å²) in [6, 6.07) is 9.16. The van der Waals surface area contributed by atoms with Gasteiger partial charge in [-0.1, -0.05) is 30.3 Å². The molecule has 1 aromatic rings. The first-order valence-corrected chi connectivity index (χ1v) is 5.93. The van der Waals surface area contributed by atoms with E-state index >= 15 is 0 Å². The largest absolute Gasteiger partial charge is 0.477 e. The zero-order valence-corrected chi connectivity index (χ0v) is 9.93. The number of ketones is 1. The number of carbonyl (C=O) groups excluding carboxylic acids is 1. The van der Waals surface area contributed by atoms with Crippen LogP contribution in [0.2, 0.25) is 0 Å². The first-order chi connectivity index (χ1) is 8.66. The molecule has 94 valence electrons. The highest BCUT2D eigenvalue weighted by atomic mass is 16.4. The highest BCUT2D eigenvalue weighted by Crippen LogP contribution is 2.29. The third-order valence-electron chi connectivity index (χ3n) is 2.83. The molecule has 1 aromatic carbocycles.